The van der Waals surface area contributed by atoms with Crippen LogP contribution in [0.1, 0.15) is 31.0 Å². The molecule has 1 aromatic carbocycles. The lowest BCUT2D eigenvalue weighted by Crippen LogP contribution is -1.94. The zero-order valence-corrected chi connectivity index (χ0v) is 8.86. The van der Waals surface area contributed by atoms with Crippen LogP contribution < -0.4 is 0 Å². The van der Waals surface area contributed by atoms with Crippen LogP contribution in [-0.4, -0.2) is 4.98 Å². The van der Waals surface area contributed by atoms with Gasteiger partial charge in [0.15, 0.2) is 0 Å². The molecule has 2 heteroatoms. The van der Waals surface area contributed by atoms with Crippen molar-refractivity contribution in [1.29, 1.82) is 5.26 Å². The average Bonchev–Trinajstić information content (AvgIpc) is 2.27. The van der Waals surface area contributed by atoms with Crippen molar-refractivity contribution in [1.82, 2.24) is 4.98 Å². The average molecular weight is 196 g/mol. The molecule has 0 bridgehead atoms. The molecule has 0 amide bonds. The fourth-order valence-corrected chi connectivity index (χ4v) is 1.79. The molecule has 0 atom stereocenters. The van der Waals surface area contributed by atoms with E-state index in [-0.39, 0.29) is 0 Å². The van der Waals surface area contributed by atoms with Crippen LogP contribution >= 0.6 is 0 Å². The largest absolute Gasteiger partial charge is 0.260 e. The molecular weight excluding hydrogens is 184 g/mol. The van der Waals surface area contributed by atoms with Gasteiger partial charge >= 0.3 is 0 Å². The Hall–Kier alpha value is -1.88. The quantitative estimate of drug-likeness (QED) is 0.702. The van der Waals surface area contributed by atoms with Crippen molar-refractivity contribution in [2.75, 3.05) is 0 Å². The molecule has 2 aromatic rings. The summed E-state index contributed by atoms with van der Waals surface area (Å²) in [6, 6.07) is 9.89. The van der Waals surface area contributed by atoms with E-state index in [0.29, 0.717) is 5.92 Å². The predicted molar refractivity (Wildman–Crippen MR) is 60.5 cm³/mol. The molecule has 0 aliphatic heterocycles. The normalized spacial score (nSPS) is 10.5. The Morgan fingerprint density at radius 3 is 2.67 bits per heavy atom. The first kappa shape index (κ1) is 9.67. The van der Waals surface area contributed by atoms with Gasteiger partial charge in [-0.15, -0.1) is 0 Å². The highest BCUT2D eigenvalue weighted by Crippen LogP contribution is 2.25. The standard InChI is InChI=1S/C13H12N2/c1-9(2)13-12-5-3-4-10(8-14)11(12)6-7-15-13/h3-7,9H,1-2H3. The lowest BCUT2D eigenvalue weighted by molar-refractivity contribution is 0.834. The highest BCUT2D eigenvalue weighted by atomic mass is 14.7. The Morgan fingerprint density at radius 1 is 1.20 bits per heavy atom. The molecule has 2 nitrogen and oxygen atoms in total. The third-order valence-electron chi connectivity index (χ3n) is 2.50. The summed E-state index contributed by atoms with van der Waals surface area (Å²) in [7, 11) is 0. The third kappa shape index (κ3) is 1.57. The summed E-state index contributed by atoms with van der Waals surface area (Å²) >= 11 is 0. The lowest BCUT2D eigenvalue weighted by atomic mass is 9.99. The number of rotatable bonds is 1. The number of benzene rings is 1. The van der Waals surface area contributed by atoms with E-state index >= 15 is 0 Å². The minimum Gasteiger partial charge on any atom is -0.260 e. The van der Waals surface area contributed by atoms with Crippen molar-refractivity contribution >= 4 is 10.8 Å². The fourth-order valence-electron chi connectivity index (χ4n) is 1.79. The van der Waals surface area contributed by atoms with Gasteiger partial charge in [0.25, 0.3) is 0 Å². The van der Waals surface area contributed by atoms with E-state index < -0.39 is 0 Å². The summed E-state index contributed by atoms with van der Waals surface area (Å²) in [5, 5.41) is 11.1. The molecule has 0 radical (unpaired) electrons. The van der Waals surface area contributed by atoms with Gasteiger partial charge in [0.2, 0.25) is 0 Å². The molecule has 0 saturated carbocycles. The molecule has 74 valence electrons. The lowest BCUT2D eigenvalue weighted by Gasteiger charge is -2.08. The molecule has 0 fully saturated rings. The van der Waals surface area contributed by atoms with Crippen LogP contribution in [0.3, 0.4) is 0 Å². The minimum atomic E-state index is 0.377. The summed E-state index contributed by atoms with van der Waals surface area (Å²) in [4.78, 5) is 4.37. The zero-order chi connectivity index (χ0) is 10.8. The highest BCUT2D eigenvalue weighted by Gasteiger charge is 2.08. The number of aromatic nitrogens is 1. The SMILES string of the molecule is CC(C)c1nccc2c(C#N)cccc12. The first-order valence-electron chi connectivity index (χ1n) is 5.01. The van der Waals surface area contributed by atoms with Gasteiger partial charge in [0.05, 0.1) is 17.3 Å². The van der Waals surface area contributed by atoms with Crippen LogP contribution in [0.4, 0.5) is 0 Å². The number of fused-ring (bicyclic) bond motifs is 1. The van der Waals surface area contributed by atoms with Gasteiger partial charge in [-0.3, -0.25) is 4.98 Å². The van der Waals surface area contributed by atoms with E-state index in [1.54, 1.807) is 6.20 Å². The number of nitrogens with zero attached hydrogens (tertiary/aromatic N) is 2. The maximum atomic E-state index is 8.99. The highest BCUT2D eigenvalue weighted by molar-refractivity contribution is 5.89. The maximum absolute atomic E-state index is 8.99. The van der Waals surface area contributed by atoms with Crippen molar-refractivity contribution < 1.29 is 0 Å². The Kier molecular flexibility index (Phi) is 2.39. The van der Waals surface area contributed by atoms with Gasteiger partial charge in [0, 0.05) is 17.0 Å². The van der Waals surface area contributed by atoms with Crippen LogP contribution in [0.15, 0.2) is 30.5 Å². The van der Waals surface area contributed by atoms with Crippen LogP contribution in [0.5, 0.6) is 0 Å². The van der Waals surface area contributed by atoms with Gasteiger partial charge in [-0.1, -0.05) is 26.0 Å². The zero-order valence-electron chi connectivity index (χ0n) is 8.86. The fraction of sp³-hybridized carbons (Fsp3) is 0.231. The minimum absolute atomic E-state index is 0.377. The molecule has 0 N–H and O–H groups in total. The van der Waals surface area contributed by atoms with Crippen molar-refractivity contribution in [3.05, 3.63) is 41.7 Å². The first-order valence-corrected chi connectivity index (χ1v) is 5.01. The van der Waals surface area contributed by atoms with Crippen LogP contribution in [0, 0.1) is 11.3 Å². The van der Waals surface area contributed by atoms with Crippen LogP contribution in [-0.2, 0) is 0 Å². The Balaban J connectivity index is 2.84. The van der Waals surface area contributed by atoms with Gasteiger partial charge in [-0.05, 0) is 18.1 Å². The van der Waals surface area contributed by atoms with E-state index in [0.717, 1.165) is 22.0 Å². The third-order valence-corrected chi connectivity index (χ3v) is 2.50. The summed E-state index contributed by atoms with van der Waals surface area (Å²) in [5.74, 6) is 0.377. The van der Waals surface area contributed by atoms with E-state index in [4.69, 9.17) is 5.26 Å². The van der Waals surface area contributed by atoms with Gasteiger partial charge in [-0.25, -0.2) is 0 Å². The van der Waals surface area contributed by atoms with E-state index in [9.17, 15) is 0 Å². The summed E-state index contributed by atoms with van der Waals surface area (Å²) in [6.45, 7) is 4.22. The Bertz CT molecular complexity index is 536. The summed E-state index contributed by atoms with van der Waals surface area (Å²) in [6.07, 6.45) is 1.78. The maximum Gasteiger partial charge on any atom is 0.0998 e. The topological polar surface area (TPSA) is 36.7 Å². The first-order chi connectivity index (χ1) is 7.24. The number of hydrogen-bond donors (Lipinski definition) is 0. The second-order valence-electron chi connectivity index (χ2n) is 3.86. The number of pyridine rings is 1. The Morgan fingerprint density at radius 2 is 2.00 bits per heavy atom. The van der Waals surface area contributed by atoms with Gasteiger partial charge < -0.3 is 0 Å². The number of nitriles is 1. The van der Waals surface area contributed by atoms with Crippen molar-refractivity contribution in [2.45, 2.75) is 19.8 Å². The number of hydrogen-bond acceptors (Lipinski definition) is 2. The summed E-state index contributed by atoms with van der Waals surface area (Å²) < 4.78 is 0. The molecule has 0 saturated heterocycles. The molecular formula is C13H12N2. The second-order valence-corrected chi connectivity index (χ2v) is 3.86. The van der Waals surface area contributed by atoms with Crippen LogP contribution in [0.2, 0.25) is 0 Å². The monoisotopic (exact) mass is 196 g/mol. The second kappa shape index (κ2) is 3.70. The molecule has 0 spiro atoms. The van der Waals surface area contributed by atoms with Crippen molar-refractivity contribution in [3.8, 4) is 6.07 Å². The summed E-state index contributed by atoms with van der Waals surface area (Å²) in [5.41, 5.74) is 1.78. The smallest absolute Gasteiger partial charge is 0.0998 e. The van der Waals surface area contributed by atoms with Gasteiger partial charge in [0.1, 0.15) is 0 Å². The molecule has 0 aliphatic rings. The van der Waals surface area contributed by atoms with Crippen molar-refractivity contribution in [2.24, 2.45) is 0 Å². The van der Waals surface area contributed by atoms with Gasteiger partial charge in [-0.2, -0.15) is 5.26 Å². The molecule has 0 unspecified atom stereocenters. The van der Waals surface area contributed by atoms with Crippen molar-refractivity contribution in [3.63, 3.8) is 0 Å². The van der Waals surface area contributed by atoms with E-state index in [1.165, 1.54) is 0 Å². The van der Waals surface area contributed by atoms with Crippen LogP contribution in [0.25, 0.3) is 10.8 Å². The molecule has 0 aliphatic carbocycles. The molecule has 1 aromatic heterocycles. The Labute approximate surface area is 89.2 Å². The molecule has 15 heavy (non-hydrogen) atoms. The predicted octanol–water partition coefficient (Wildman–Crippen LogP) is 3.23. The molecule has 1 heterocycles. The van der Waals surface area contributed by atoms with E-state index in [1.807, 2.05) is 24.3 Å². The molecule has 2 rings (SSSR count). The van der Waals surface area contributed by atoms with E-state index in [2.05, 4.69) is 24.9 Å².